The Morgan fingerprint density at radius 1 is 1.56 bits per heavy atom. The maximum absolute atomic E-state index is 10.1. The maximum Gasteiger partial charge on any atom is 0.168 e. The Labute approximate surface area is 54.3 Å². The highest BCUT2D eigenvalue weighted by molar-refractivity contribution is 6.30. The third kappa shape index (κ3) is 1.39. The molecule has 2 nitrogen and oxygen atoms in total. The highest BCUT2D eigenvalue weighted by atomic mass is 16.1. The summed E-state index contributed by atoms with van der Waals surface area (Å²) in [7, 11) is 1.85. The van der Waals surface area contributed by atoms with Crippen LogP contribution in [0.4, 0.5) is 0 Å². The third-order valence-corrected chi connectivity index (χ3v) is 1.03. The topological polar surface area (TPSA) is 30.0 Å². The molecule has 0 N–H and O–H groups in total. The van der Waals surface area contributed by atoms with Crippen LogP contribution in [-0.2, 0) is 0 Å². The predicted molar refractivity (Wildman–Crippen MR) is 37.8 cm³/mol. The van der Waals surface area contributed by atoms with Gasteiger partial charge >= 0.3 is 0 Å². The molecule has 0 radical (unpaired) electrons. The quantitative estimate of drug-likeness (QED) is 0.356. The standard InChI is InChI=1S/C6H6BNO/c7-6-3-1-2-5(4-9)8-6/h1-4H,7H2. The average molecular weight is 119 g/mol. The molecule has 3 heteroatoms. The maximum atomic E-state index is 10.1. The molecule has 0 aliphatic heterocycles. The third-order valence-electron chi connectivity index (χ3n) is 1.03. The van der Waals surface area contributed by atoms with Gasteiger partial charge in [0.2, 0.25) is 0 Å². The molecule has 1 heterocycles. The molecule has 0 saturated carbocycles. The Balaban J connectivity index is 3.07. The first-order valence-corrected chi connectivity index (χ1v) is 2.72. The van der Waals surface area contributed by atoms with E-state index in [0.717, 1.165) is 11.9 Å². The fourth-order valence-electron chi connectivity index (χ4n) is 0.630. The van der Waals surface area contributed by atoms with E-state index >= 15 is 0 Å². The number of hydrogen-bond acceptors (Lipinski definition) is 2. The molecule has 0 unspecified atom stereocenters. The Bertz CT molecular complexity index is 224. The van der Waals surface area contributed by atoms with Gasteiger partial charge in [-0.2, -0.15) is 0 Å². The zero-order valence-corrected chi connectivity index (χ0v) is 5.16. The van der Waals surface area contributed by atoms with Gasteiger partial charge in [-0.15, -0.1) is 0 Å². The van der Waals surface area contributed by atoms with E-state index < -0.39 is 0 Å². The summed E-state index contributed by atoms with van der Waals surface area (Å²) >= 11 is 0. The minimum atomic E-state index is 0.495. The smallest absolute Gasteiger partial charge is 0.168 e. The van der Waals surface area contributed by atoms with Crippen molar-refractivity contribution in [2.75, 3.05) is 0 Å². The highest BCUT2D eigenvalue weighted by Crippen LogP contribution is 1.83. The zero-order chi connectivity index (χ0) is 6.69. The van der Waals surface area contributed by atoms with Crippen LogP contribution in [0.3, 0.4) is 0 Å². The van der Waals surface area contributed by atoms with E-state index in [1.54, 1.807) is 6.07 Å². The summed E-state index contributed by atoms with van der Waals surface area (Å²) < 4.78 is 0. The average Bonchev–Trinajstić information content (AvgIpc) is 1.88. The van der Waals surface area contributed by atoms with Gasteiger partial charge in [-0.1, -0.05) is 12.1 Å². The fourth-order valence-corrected chi connectivity index (χ4v) is 0.630. The monoisotopic (exact) mass is 119 g/mol. The lowest BCUT2D eigenvalue weighted by molar-refractivity contribution is 0.111. The molecule has 9 heavy (non-hydrogen) atoms. The second-order valence-corrected chi connectivity index (χ2v) is 1.82. The summed E-state index contributed by atoms with van der Waals surface area (Å²) in [5.41, 5.74) is 1.37. The van der Waals surface area contributed by atoms with Crippen molar-refractivity contribution in [3.63, 3.8) is 0 Å². The lowest BCUT2D eigenvalue weighted by Gasteiger charge is -1.89. The number of aldehydes is 1. The highest BCUT2D eigenvalue weighted by Gasteiger charge is 1.87. The Hall–Kier alpha value is -1.12. The van der Waals surface area contributed by atoms with Gasteiger partial charge in [-0.05, 0) is 11.7 Å². The molecule has 1 rings (SSSR count). The van der Waals surface area contributed by atoms with Crippen LogP contribution >= 0.6 is 0 Å². The molecule has 0 saturated heterocycles. The van der Waals surface area contributed by atoms with Crippen LogP contribution in [0, 0.1) is 0 Å². The molecule has 0 aliphatic rings. The van der Waals surface area contributed by atoms with E-state index in [0.29, 0.717) is 5.69 Å². The van der Waals surface area contributed by atoms with Gasteiger partial charge < -0.3 is 0 Å². The van der Waals surface area contributed by atoms with Crippen LogP contribution in [0.15, 0.2) is 18.2 Å². The Morgan fingerprint density at radius 2 is 2.33 bits per heavy atom. The number of carbonyl (C=O) groups excluding carboxylic acids is 1. The minimum Gasteiger partial charge on any atom is -0.296 e. The van der Waals surface area contributed by atoms with E-state index in [1.807, 2.05) is 20.0 Å². The van der Waals surface area contributed by atoms with Crippen LogP contribution in [-0.4, -0.2) is 19.1 Å². The van der Waals surface area contributed by atoms with Crippen molar-refractivity contribution in [3.8, 4) is 0 Å². The SMILES string of the molecule is Bc1cccc(C=O)n1. The summed E-state index contributed by atoms with van der Waals surface area (Å²) in [6.07, 6.45) is 0.743. The van der Waals surface area contributed by atoms with Gasteiger partial charge in [-0.25, -0.2) is 0 Å². The van der Waals surface area contributed by atoms with Gasteiger partial charge in [0.15, 0.2) is 14.1 Å². The van der Waals surface area contributed by atoms with E-state index in [4.69, 9.17) is 0 Å². The van der Waals surface area contributed by atoms with Crippen LogP contribution in [0.2, 0.25) is 0 Å². The molecule has 0 fully saturated rings. The number of pyridine rings is 1. The second-order valence-electron chi connectivity index (χ2n) is 1.82. The van der Waals surface area contributed by atoms with Gasteiger partial charge in [0.25, 0.3) is 0 Å². The lowest BCUT2D eigenvalue weighted by Crippen LogP contribution is -2.08. The van der Waals surface area contributed by atoms with Crippen LogP contribution in [0.25, 0.3) is 0 Å². The van der Waals surface area contributed by atoms with Crippen molar-refractivity contribution in [2.45, 2.75) is 0 Å². The summed E-state index contributed by atoms with van der Waals surface area (Å²) in [5.74, 6) is 0. The van der Waals surface area contributed by atoms with Crippen LogP contribution in [0.1, 0.15) is 10.5 Å². The lowest BCUT2D eigenvalue weighted by atomic mass is 10.0. The van der Waals surface area contributed by atoms with Gasteiger partial charge in [0.05, 0.1) is 0 Å². The molecular formula is C6H6BNO. The molecule has 0 amide bonds. The van der Waals surface area contributed by atoms with Crippen LogP contribution < -0.4 is 5.59 Å². The van der Waals surface area contributed by atoms with Gasteiger partial charge in [-0.3, -0.25) is 9.78 Å². The number of rotatable bonds is 1. The molecular weight excluding hydrogens is 113 g/mol. The normalized spacial score (nSPS) is 8.89. The molecule has 0 bridgehead atoms. The number of nitrogens with zero attached hydrogens (tertiary/aromatic N) is 1. The van der Waals surface area contributed by atoms with Crippen molar-refractivity contribution >= 4 is 19.7 Å². The van der Waals surface area contributed by atoms with Crippen molar-refractivity contribution in [1.82, 2.24) is 4.98 Å². The molecule has 0 aromatic carbocycles. The van der Waals surface area contributed by atoms with Crippen LogP contribution in [0.5, 0.6) is 0 Å². The van der Waals surface area contributed by atoms with E-state index in [-0.39, 0.29) is 0 Å². The zero-order valence-electron chi connectivity index (χ0n) is 5.16. The summed E-state index contributed by atoms with van der Waals surface area (Å²) in [5, 5.41) is 0. The largest absolute Gasteiger partial charge is 0.296 e. The van der Waals surface area contributed by atoms with E-state index in [2.05, 4.69) is 4.98 Å². The van der Waals surface area contributed by atoms with E-state index in [1.165, 1.54) is 0 Å². The van der Waals surface area contributed by atoms with E-state index in [9.17, 15) is 4.79 Å². The summed E-state index contributed by atoms with van der Waals surface area (Å²) in [6, 6.07) is 5.35. The number of aromatic nitrogens is 1. The molecule has 44 valence electrons. The molecule has 0 atom stereocenters. The molecule has 1 aromatic heterocycles. The molecule has 1 aromatic rings. The van der Waals surface area contributed by atoms with Crippen molar-refractivity contribution in [3.05, 3.63) is 23.9 Å². The summed E-state index contributed by atoms with van der Waals surface area (Å²) in [6.45, 7) is 0. The fraction of sp³-hybridized carbons (Fsp3) is 0. The Kier molecular flexibility index (Phi) is 1.63. The van der Waals surface area contributed by atoms with Gasteiger partial charge in [0, 0.05) is 0 Å². The number of hydrogen-bond donors (Lipinski definition) is 0. The molecule has 0 spiro atoms. The predicted octanol–water partition coefficient (Wildman–Crippen LogP) is -0.848. The summed E-state index contributed by atoms with van der Waals surface area (Å²) in [4.78, 5) is 14.0. The minimum absolute atomic E-state index is 0.495. The molecule has 0 aliphatic carbocycles. The second kappa shape index (κ2) is 2.44. The van der Waals surface area contributed by atoms with Crippen molar-refractivity contribution in [2.24, 2.45) is 0 Å². The first-order chi connectivity index (χ1) is 4.33. The first-order valence-electron chi connectivity index (χ1n) is 2.72. The van der Waals surface area contributed by atoms with Gasteiger partial charge in [0.1, 0.15) is 5.69 Å². The van der Waals surface area contributed by atoms with Crippen molar-refractivity contribution < 1.29 is 4.79 Å². The first kappa shape index (κ1) is 6.01. The number of carbonyl (C=O) groups is 1. The van der Waals surface area contributed by atoms with Crippen molar-refractivity contribution in [1.29, 1.82) is 0 Å². The Morgan fingerprint density at radius 3 is 2.78 bits per heavy atom.